The molecule has 1 saturated heterocycles. The number of pyridine rings is 1. The fourth-order valence-electron chi connectivity index (χ4n) is 2.46. The minimum absolute atomic E-state index is 0.251. The second-order valence-corrected chi connectivity index (χ2v) is 5.24. The summed E-state index contributed by atoms with van der Waals surface area (Å²) in [7, 11) is 0. The van der Waals surface area contributed by atoms with E-state index in [0.717, 1.165) is 19.6 Å². The van der Waals surface area contributed by atoms with Gasteiger partial charge in [-0.2, -0.15) is 0 Å². The summed E-state index contributed by atoms with van der Waals surface area (Å²) < 4.78 is 0. The van der Waals surface area contributed by atoms with Crippen LogP contribution in [0.15, 0.2) is 24.4 Å². The van der Waals surface area contributed by atoms with Crippen LogP contribution in [-0.4, -0.2) is 35.1 Å². The van der Waals surface area contributed by atoms with Crippen LogP contribution in [0.3, 0.4) is 0 Å². The summed E-state index contributed by atoms with van der Waals surface area (Å²) in [6, 6.07) is 6.57. The first-order chi connectivity index (χ1) is 8.14. The van der Waals surface area contributed by atoms with Crippen LogP contribution in [0.5, 0.6) is 0 Å². The normalized spacial score (nSPS) is 27.9. The van der Waals surface area contributed by atoms with Gasteiger partial charge in [0.15, 0.2) is 0 Å². The highest BCUT2D eigenvalue weighted by atomic mass is 15.2. The lowest BCUT2D eigenvalue weighted by Crippen LogP contribution is -2.58. The highest BCUT2D eigenvalue weighted by Crippen LogP contribution is 2.23. The van der Waals surface area contributed by atoms with E-state index in [-0.39, 0.29) is 5.54 Å². The molecular weight excluding hydrogens is 210 g/mol. The summed E-state index contributed by atoms with van der Waals surface area (Å²) in [6.07, 6.45) is 3.05. The molecule has 2 unspecified atom stereocenters. The van der Waals surface area contributed by atoms with Gasteiger partial charge in [-0.05, 0) is 32.4 Å². The van der Waals surface area contributed by atoms with Crippen molar-refractivity contribution in [3.05, 3.63) is 30.1 Å². The Hall–Kier alpha value is -0.930. The van der Waals surface area contributed by atoms with Gasteiger partial charge in [0, 0.05) is 37.4 Å². The molecule has 0 bridgehead atoms. The molecule has 1 N–H and O–H groups in total. The Bertz CT molecular complexity index is 352. The Morgan fingerprint density at radius 1 is 1.53 bits per heavy atom. The third kappa shape index (κ3) is 2.85. The third-order valence-electron chi connectivity index (χ3n) is 3.95. The molecule has 94 valence electrons. The van der Waals surface area contributed by atoms with Crippen LogP contribution < -0.4 is 5.32 Å². The lowest BCUT2D eigenvalue weighted by atomic mass is 9.94. The molecule has 3 nitrogen and oxygen atoms in total. The number of aromatic nitrogens is 1. The van der Waals surface area contributed by atoms with Crippen molar-refractivity contribution in [2.75, 3.05) is 19.6 Å². The summed E-state index contributed by atoms with van der Waals surface area (Å²) in [5, 5.41) is 3.62. The van der Waals surface area contributed by atoms with Gasteiger partial charge in [0.25, 0.3) is 0 Å². The molecule has 0 saturated carbocycles. The average molecular weight is 233 g/mol. The van der Waals surface area contributed by atoms with Crippen LogP contribution >= 0.6 is 0 Å². The van der Waals surface area contributed by atoms with Gasteiger partial charge in [-0.3, -0.25) is 9.88 Å². The lowest BCUT2D eigenvalue weighted by Gasteiger charge is -2.43. The highest BCUT2D eigenvalue weighted by Gasteiger charge is 2.31. The van der Waals surface area contributed by atoms with Gasteiger partial charge in [-0.15, -0.1) is 0 Å². The summed E-state index contributed by atoms with van der Waals surface area (Å²) in [6.45, 7) is 10.1. The van der Waals surface area contributed by atoms with Crippen molar-refractivity contribution in [1.29, 1.82) is 0 Å². The van der Waals surface area contributed by atoms with Crippen molar-refractivity contribution < 1.29 is 0 Å². The molecule has 0 spiro atoms. The molecule has 1 aliphatic rings. The van der Waals surface area contributed by atoms with Crippen molar-refractivity contribution in [3.63, 3.8) is 0 Å². The summed E-state index contributed by atoms with van der Waals surface area (Å²) in [4.78, 5) is 7.00. The van der Waals surface area contributed by atoms with E-state index in [2.05, 4.69) is 48.1 Å². The minimum atomic E-state index is 0.251. The Morgan fingerprint density at radius 2 is 2.35 bits per heavy atom. The topological polar surface area (TPSA) is 28.2 Å². The molecule has 0 aromatic carbocycles. The molecule has 2 heterocycles. The monoisotopic (exact) mass is 233 g/mol. The van der Waals surface area contributed by atoms with Crippen LogP contribution in [0, 0.1) is 0 Å². The maximum Gasteiger partial charge on any atom is 0.0572 e. The van der Waals surface area contributed by atoms with Crippen molar-refractivity contribution in [2.45, 2.75) is 38.8 Å². The van der Waals surface area contributed by atoms with Gasteiger partial charge in [0.05, 0.1) is 5.69 Å². The van der Waals surface area contributed by atoms with Gasteiger partial charge in [0.1, 0.15) is 0 Å². The first-order valence-electron chi connectivity index (χ1n) is 6.54. The van der Waals surface area contributed by atoms with Crippen LogP contribution in [0.25, 0.3) is 0 Å². The number of nitrogens with zero attached hydrogens (tertiary/aromatic N) is 2. The first kappa shape index (κ1) is 12.5. The number of rotatable bonds is 3. The molecule has 2 atom stereocenters. The molecule has 1 aromatic rings. The SMILES string of the molecule is CCC1(C)CN(C(C)c2ccccn2)CCN1. The fraction of sp³-hybridized carbons (Fsp3) is 0.643. The zero-order chi connectivity index (χ0) is 12.3. The third-order valence-corrected chi connectivity index (χ3v) is 3.95. The van der Waals surface area contributed by atoms with E-state index >= 15 is 0 Å². The second kappa shape index (κ2) is 5.15. The van der Waals surface area contributed by atoms with Gasteiger partial charge in [0.2, 0.25) is 0 Å². The number of hydrogen-bond acceptors (Lipinski definition) is 3. The van der Waals surface area contributed by atoms with Crippen LogP contribution in [0.4, 0.5) is 0 Å². The minimum Gasteiger partial charge on any atom is -0.309 e. The van der Waals surface area contributed by atoms with E-state index < -0.39 is 0 Å². The molecule has 1 aliphatic heterocycles. The van der Waals surface area contributed by atoms with E-state index in [1.54, 1.807) is 0 Å². The van der Waals surface area contributed by atoms with Crippen LogP contribution in [0.2, 0.25) is 0 Å². The Balaban J connectivity index is 2.07. The molecule has 3 heteroatoms. The van der Waals surface area contributed by atoms with E-state index in [9.17, 15) is 0 Å². The molecule has 1 fully saturated rings. The number of hydrogen-bond donors (Lipinski definition) is 1. The van der Waals surface area contributed by atoms with Crippen molar-refractivity contribution in [3.8, 4) is 0 Å². The molecular formula is C14H23N3. The molecule has 1 aromatic heterocycles. The predicted molar refractivity (Wildman–Crippen MR) is 70.9 cm³/mol. The van der Waals surface area contributed by atoms with Gasteiger partial charge < -0.3 is 5.32 Å². The maximum absolute atomic E-state index is 4.47. The number of nitrogens with one attached hydrogen (secondary N) is 1. The molecule has 0 radical (unpaired) electrons. The second-order valence-electron chi connectivity index (χ2n) is 5.24. The fourth-order valence-corrected chi connectivity index (χ4v) is 2.46. The van der Waals surface area contributed by atoms with E-state index in [1.165, 1.54) is 12.1 Å². The van der Waals surface area contributed by atoms with Gasteiger partial charge in [-0.1, -0.05) is 13.0 Å². The highest BCUT2D eigenvalue weighted by molar-refractivity contribution is 5.09. The molecule has 0 amide bonds. The average Bonchev–Trinajstić information content (AvgIpc) is 2.39. The maximum atomic E-state index is 4.47. The van der Waals surface area contributed by atoms with Crippen molar-refractivity contribution >= 4 is 0 Å². The van der Waals surface area contributed by atoms with E-state index in [4.69, 9.17) is 0 Å². The van der Waals surface area contributed by atoms with Crippen molar-refractivity contribution in [2.24, 2.45) is 0 Å². The van der Waals surface area contributed by atoms with E-state index in [0.29, 0.717) is 6.04 Å². The summed E-state index contributed by atoms with van der Waals surface area (Å²) >= 11 is 0. The smallest absolute Gasteiger partial charge is 0.0572 e. The van der Waals surface area contributed by atoms with Crippen molar-refractivity contribution in [1.82, 2.24) is 15.2 Å². The zero-order valence-corrected chi connectivity index (χ0v) is 11.1. The van der Waals surface area contributed by atoms with Gasteiger partial charge >= 0.3 is 0 Å². The zero-order valence-electron chi connectivity index (χ0n) is 11.1. The Labute approximate surface area is 104 Å². The number of piperazine rings is 1. The van der Waals surface area contributed by atoms with Crippen LogP contribution in [-0.2, 0) is 0 Å². The predicted octanol–water partition coefficient (Wildman–Crippen LogP) is 2.22. The summed E-state index contributed by atoms with van der Waals surface area (Å²) in [5.74, 6) is 0. The molecule has 17 heavy (non-hydrogen) atoms. The standard InChI is InChI=1S/C14H23N3/c1-4-14(3)11-17(10-9-16-14)12(2)13-7-5-6-8-15-13/h5-8,12,16H,4,9-11H2,1-3H3. The largest absolute Gasteiger partial charge is 0.309 e. The Morgan fingerprint density at radius 3 is 3.00 bits per heavy atom. The first-order valence-corrected chi connectivity index (χ1v) is 6.54. The molecule has 2 rings (SSSR count). The quantitative estimate of drug-likeness (QED) is 0.867. The Kier molecular flexibility index (Phi) is 3.79. The van der Waals surface area contributed by atoms with Crippen LogP contribution in [0.1, 0.15) is 38.9 Å². The van der Waals surface area contributed by atoms with Gasteiger partial charge in [-0.25, -0.2) is 0 Å². The van der Waals surface area contributed by atoms with E-state index in [1.807, 2.05) is 12.3 Å². The lowest BCUT2D eigenvalue weighted by molar-refractivity contribution is 0.103. The summed E-state index contributed by atoms with van der Waals surface area (Å²) in [5.41, 5.74) is 1.43. The molecule has 0 aliphatic carbocycles.